The Labute approximate surface area is 467 Å². The van der Waals surface area contributed by atoms with Crippen LogP contribution in [0.4, 0.5) is 0 Å². The molecule has 0 rings (SSSR count). The van der Waals surface area contributed by atoms with Crippen LogP contribution in [-0.2, 0) is 14.3 Å². The molecular weight excluding hydrogens is 923 g/mol. The number of ether oxygens (including phenoxy) is 1. The van der Waals surface area contributed by atoms with E-state index in [1.807, 2.05) is 6.08 Å². The molecule has 0 saturated carbocycles. The fourth-order valence-electron chi connectivity index (χ4n) is 10.2. The molecule has 0 fully saturated rings. The zero-order valence-electron chi connectivity index (χ0n) is 50.3. The summed E-state index contributed by atoms with van der Waals surface area (Å²) in [5.74, 6) is -0.0733. The summed E-state index contributed by atoms with van der Waals surface area (Å²) in [5, 5.41) is 23.2. The van der Waals surface area contributed by atoms with Crippen LogP contribution in [0.25, 0.3) is 0 Å². The fraction of sp³-hybridized carbons (Fsp3) is 0.855. The normalized spacial score (nSPS) is 12.9. The first-order chi connectivity index (χ1) is 37.0. The molecule has 0 aromatic rings. The molecule has 1 amide bonds. The average molecular weight is 1050 g/mol. The lowest BCUT2D eigenvalue weighted by Gasteiger charge is -2.20. The lowest BCUT2D eigenvalue weighted by molar-refractivity contribution is -0.143. The molecule has 0 bridgehead atoms. The first-order valence-electron chi connectivity index (χ1n) is 33.4. The number of hydrogen-bond donors (Lipinski definition) is 3. The number of rotatable bonds is 62. The monoisotopic (exact) mass is 1050 g/mol. The van der Waals surface area contributed by atoms with E-state index in [0.717, 1.165) is 64.2 Å². The molecule has 0 aliphatic rings. The number of nitrogens with one attached hydrogen (secondary N) is 1. The summed E-state index contributed by atoms with van der Waals surface area (Å²) in [6, 6.07) is -0.637. The number of hydrogen-bond acceptors (Lipinski definition) is 5. The molecule has 0 aromatic carbocycles. The zero-order chi connectivity index (χ0) is 54.3. The van der Waals surface area contributed by atoms with Crippen LogP contribution in [-0.4, -0.2) is 47.4 Å². The fourth-order valence-corrected chi connectivity index (χ4v) is 10.2. The first kappa shape index (κ1) is 72.8. The van der Waals surface area contributed by atoms with Crippen molar-refractivity contribution in [2.75, 3.05) is 13.2 Å². The van der Waals surface area contributed by atoms with Crippen LogP contribution in [0, 0.1) is 0 Å². The number of allylic oxidation sites excluding steroid dienone is 7. The van der Waals surface area contributed by atoms with Crippen LogP contribution >= 0.6 is 0 Å². The maximum atomic E-state index is 12.5. The maximum absolute atomic E-state index is 12.5. The van der Waals surface area contributed by atoms with Gasteiger partial charge in [0, 0.05) is 12.8 Å². The Kier molecular flexibility index (Phi) is 62.5. The predicted octanol–water partition coefficient (Wildman–Crippen LogP) is 21.3. The second-order valence-corrected chi connectivity index (χ2v) is 22.8. The topological polar surface area (TPSA) is 95.9 Å². The number of carbonyl (C=O) groups is 2. The molecule has 2 unspecified atom stereocenters. The van der Waals surface area contributed by atoms with Gasteiger partial charge in [0.2, 0.25) is 5.91 Å². The lowest BCUT2D eigenvalue weighted by Crippen LogP contribution is -2.45. The van der Waals surface area contributed by atoms with Crippen LogP contribution in [0.15, 0.2) is 48.6 Å². The van der Waals surface area contributed by atoms with E-state index in [-0.39, 0.29) is 18.5 Å². The molecule has 2 atom stereocenters. The highest BCUT2D eigenvalue weighted by Gasteiger charge is 2.18. The van der Waals surface area contributed by atoms with Crippen molar-refractivity contribution in [2.24, 2.45) is 0 Å². The van der Waals surface area contributed by atoms with Crippen LogP contribution in [0.2, 0.25) is 0 Å². The molecule has 75 heavy (non-hydrogen) atoms. The highest BCUT2D eigenvalue weighted by Crippen LogP contribution is 2.17. The van der Waals surface area contributed by atoms with Crippen molar-refractivity contribution in [3.05, 3.63) is 48.6 Å². The van der Waals surface area contributed by atoms with Gasteiger partial charge in [-0.05, 0) is 89.9 Å². The van der Waals surface area contributed by atoms with Gasteiger partial charge in [-0.25, -0.2) is 0 Å². The number of amides is 1. The van der Waals surface area contributed by atoms with Crippen molar-refractivity contribution in [1.82, 2.24) is 5.32 Å². The molecule has 0 spiro atoms. The minimum Gasteiger partial charge on any atom is -0.466 e. The van der Waals surface area contributed by atoms with Crippen LogP contribution in [0.1, 0.15) is 354 Å². The van der Waals surface area contributed by atoms with E-state index in [1.165, 1.54) is 263 Å². The molecule has 0 radical (unpaired) electrons. The molecule has 0 aliphatic carbocycles. The van der Waals surface area contributed by atoms with Crippen molar-refractivity contribution in [1.29, 1.82) is 0 Å². The molecule has 440 valence electrons. The van der Waals surface area contributed by atoms with Gasteiger partial charge >= 0.3 is 5.97 Å². The van der Waals surface area contributed by atoms with Gasteiger partial charge in [-0.3, -0.25) is 9.59 Å². The van der Waals surface area contributed by atoms with Crippen molar-refractivity contribution < 1.29 is 24.5 Å². The van der Waals surface area contributed by atoms with E-state index in [9.17, 15) is 19.8 Å². The second kappa shape index (κ2) is 64.3. The Morgan fingerprint density at radius 1 is 0.373 bits per heavy atom. The quantitative estimate of drug-likeness (QED) is 0.0320. The molecule has 0 heterocycles. The van der Waals surface area contributed by atoms with Crippen LogP contribution in [0.5, 0.6) is 0 Å². The zero-order valence-corrected chi connectivity index (χ0v) is 50.3. The predicted molar refractivity (Wildman–Crippen MR) is 329 cm³/mol. The molecule has 6 nitrogen and oxygen atoms in total. The molecular formula is C69H129NO5. The molecule has 6 heteroatoms. The average Bonchev–Trinajstić information content (AvgIpc) is 3.41. The van der Waals surface area contributed by atoms with Gasteiger partial charge < -0.3 is 20.3 Å². The summed E-state index contributed by atoms with van der Waals surface area (Å²) in [4.78, 5) is 24.6. The van der Waals surface area contributed by atoms with E-state index >= 15 is 0 Å². The standard InChI is InChI=1S/C69H129NO5/c1-3-5-7-9-11-13-15-17-19-21-31-35-39-43-47-51-55-59-63-69(74)75-64-60-56-52-48-44-40-36-32-28-26-24-22-23-25-27-30-34-38-42-46-50-54-58-62-68(73)70-66(65-71)67(72)61-57-53-49-45-41-37-33-29-20-18-16-14-12-10-8-6-4-2/h19,21-22,24-25,27,57,61,66-67,71-72H,3-18,20,23,26,28-56,58-60,62-65H2,1-2H3,(H,70,73)/b21-19-,24-22-,27-25-,61-57+. The Bertz CT molecular complexity index is 1260. The van der Waals surface area contributed by atoms with Crippen LogP contribution < -0.4 is 5.32 Å². The summed E-state index contributed by atoms with van der Waals surface area (Å²) in [6.07, 6.45) is 83.1. The van der Waals surface area contributed by atoms with Crippen molar-refractivity contribution >= 4 is 11.9 Å². The third-order valence-corrected chi connectivity index (χ3v) is 15.3. The van der Waals surface area contributed by atoms with Crippen molar-refractivity contribution in [3.63, 3.8) is 0 Å². The minimum absolute atomic E-state index is 0.00365. The minimum atomic E-state index is -0.852. The number of aliphatic hydroxyl groups excluding tert-OH is 2. The summed E-state index contributed by atoms with van der Waals surface area (Å²) in [7, 11) is 0. The summed E-state index contributed by atoms with van der Waals surface area (Å²) >= 11 is 0. The van der Waals surface area contributed by atoms with E-state index in [2.05, 4.69) is 55.6 Å². The largest absolute Gasteiger partial charge is 0.466 e. The van der Waals surface area contributed by atoms with Gasteiger partial charge in [0.1, 0.15) is 0 Å². The van der Waals surface area contributed by atoms with E-state index in [1.54, 1.807) is 6.08 Å². The number of unbranched alkanes of at least 4 members (excludes halogenated alkanes) is 45. The van der Waals surface area contributed by atoms with E-state index in [0.29, 0.717) is 19.4 Å². The van der Waals surface area contributed by atoms with Crippen molar-refractivity contribution in [3.8, 4) is 0 Å². The smallest absolute Gasteiger partial charge is 0.305 e. The van der Waals surface area contributed by atoms with Crippen LogP contribution in [0.3, 0.4) is 0 Å². The molecule has 3 N–H and O–H groups in total. The van der Waals surface area contributed by atoms with E-state index < -0.39 is 12.1 Å². The Hall–Kier alpha value is -2.18. The first-order valence-corrected chi connectivity index (χ1v) is 33.4. The van der Waals surface area contributed by atoms with Gasteiger partial charge in [0.25, 0.3) is 0 Å². The molecule has 0 aliphatic heterocycles. The summed E-state index contributed by atoms with van der Waals surface area (Å²) in [5.41, 5.74) is 0. The number of carbonyl (C=O) groups excluding carboxylic acids is 2. The highest BCUT2D eigenvalue weighted by molar-refractivity contribution is 5.76. The Balaban J connectivity index is 3.46. The van der Waals surface area contributed by atoms with E-state index in [4.69, 9.17) is 4.74 Å². The summed E-state index contributed by atoms with van der Waals surface area (Å²) < 4.78 is 5.49. The SMILES string of the molecule is CCCCCCCCC/C=C\CCCCCCCCCC(=O)OCCCCCCCCCCC/C=C\C/C=C\CCCCCCCCCC(=O)NC(CO)C(O)/C=C/CCCCCCCCCCCCCCCCC. The third-order valence-electron chi connectivity index (χ3n) is 15.3. The van der Waals surface area contributed by atoms with Gasteiger partial charge in [-0.1, -0.05) is 300 Å². The Morgan fingerprint density at radius 3 is 1.03 bits per heavy atom. The second-order valence-electron chi connectivity index (χ2n) is 22.8. The maximum Gasteiger partial charge on any atom is 0.305 e. The molecule has 0 aromatic heterocycles. The Morgan fingerprint density at radius 2 is 0.667 bits per heavy atom. The number of esters is 1. The van der Waals surface area contributed by atoms with Gasteiger partial charge in [0.05, 0.1) is 25.4 Å². The van der Waals surface area contributed by atoms with Gasteiger partial charge in [-0.2, -0.15) is 0 Å². The van der Waals surface area contributed by atoms with Crippen molar-refractivity contribution in [2.45, 2.75) is 366 Å². The highest BCUT2D eigenvalue weighted by atomic mass is 16.5. The molecule has 0 saturated heterocycles. The third kappa shape index (κ3) is 60.9. The number of aliphatic hydroxyl groups is 2. The summed E-state index contributed by atoms with van der Waals surface area (Å²) in [6.45, 7) is 4.91. The van der Waals surface area contributed by atoms with Gasteiger partial charge in [0.15, 0.2) is 0 Å². The van der Waals surface area contributed by atoms with Gasteiger partial charge in [-0.15, -0.1) is 0 Å². The lowest BCUT2D eigenvalue weighted by atomic mass is 10.0.